The molecular formula is C20H31N5O2. The summed E-state index contributed by atoms with van der Waals surface area (Å²) >= 11 is 0. The lowest BCUT2D eigenvalue weighted by molar-refractivity contribution is 0.336. The molecule has 1 aromatic carbocycles. The van der Waals surface area contributed by atoms with Gasteiger partial charge in [0.1, 0.15) is 5.75 Å². The highest BCUT2D eigenvalue weighted by atomic mass is 16.5. The molecule has 0 aliphatic rings. The molecular weight excluding hydrogens is 342 g/mol. The van der Waals surface area contributed by atoms with Crippen molar-refractivity contribution in [3.05, 3.63) is 41.0 Å². The van der Waals surface area contributed by atoms with Crippen molar-refractivity contribution in [2.45, 2.75) is 53.0 Å². The third kappa shape index (κ3) is 6.58. The Morgan fingerprint density at radius 1 is 1.30 bits per heavy atom. The molecule has 0 aliphatic carbocycles. The molecule has 7 nitrogen and oxygen atoms in total. The van der Waals surface area contributed by atoms with Crippen LogP contribution in [0.1, 0.15) is 56.0 Å². The summed E-state index contributed by atoms with van der Waals surface area (Å²) in [5.74, 6) is 3.40. The number of aliphatic imine (C=N–C) groups is 1. The lowest BCUT2D eigenvalue weighted by Gasteiger charge is -2.14. The third-order valence-electron chi connectivity index (χ3n) is 4.05. The van der Waals surface area contributed by atoms with Crippen LogP contribution in [0.2, 0.25) is 0 Å². The predicted molar refractivity (Wildman–Crippen MR) is 107 cm³/mol. The molecule has 0 saturated heterocycles. The van der Waals surface area contributed by atoms with E-state index in [9.17, 15) is 0 Å². The molecule has 0 spiro atoms. The molecule has 0 atom stereocenters. The summed E-state index contributed by atoms with van der Waals surface area (Å²) in [6.07, 6.45) is 1.63. The lowest BCUT2D eigenvalue weighted by atomic mass is 10.1. The van der Waals surface area contributed by atoms with E-state index in [1.165, 1.54) is 5.56 Å². The van der Waals surface area contributed by atoms with Crippen molar-refractivity contribution in [1.29, 1.82) is 0 Å². The Kier molecular flexibility index (Phi) is 8.10. The van der Waals surface area contributed by atoms with E-state index in [0.717, 1.165) is 42.5 Å². The van der Waals surface area contributed by atoms with E-state index >= 15 is 0 Å². The van der Waals surface area contributed by atoms with Crippen LogP contribution in [0, 0.1) is 6.92 Å². The van der Waals surface area contributed by atoms with E-state index in [1.54, 1.807) is 7.05 Å². The summed E-state index contributed by atoms with van der Waals surface area (Å²) in [6, 6.07) is 6.24. The quantitative estimate of drug-likeness (QED) is 0.399. The maximum atomic E-state index is 5.73. The SMILES string of the molecule is CCOc1cc(C)ccc1CNC(=NC)NCCCc1nc(C(C)C)no1. The zero-order valence-electron chi connectivity index (χ0n) is 17.0. The van der Waals surface area contributed by atoms with Crippen LogP contribution in [0.15, 0.2) is 27.7 Å². The molecule has 0 aliphatic heterocycles. The van der Waals surface area contributed by atoms with E-state index in [2.05, 4.69) is 64.7 Å². The second kappa shape index (κ2) is 10.5. The first-order valence-electron chi connectivity index (χ1n) is 9.52. The molecule has 0 bridgehead atoms. The van der Waals surface area contributed by atoms with Crippen molar-refractivity contribution in [1.82, 2.24) is 20.8 Å². The number of guanidine groups is 1. The summed E-state index contributed by atoms with van der Waals surface area (Å²) in [7, 11) is 1.76. The summed E-state index contributed by atoms with van der Waals surface area (Å²) in [5.41, 5.74) is 2.30. The molecule has 2 aromatic rings. The molecule has 0 saturated carbocycles. The van der Waals surface area contributed by atoms with Gasteiger partial charge in [0.25, 0.3) is 0 Å². The topological polar surface area (TPSA) is 84.6 Å². The number of aromatic nitrogens is 2. The number of ether oxygens (including phenoxy) is 1. The van der Waals surface area contributed by atoms with Crippen molar-refractivity contribution < 1.29 is 9.26 Å². The van der Waals surface area contributed by atoms with Crippen LogP contribution in [0.25, 0.3) is 0 Å². The van der Waals surface area contributed by atoms with Crippen LogP contribution in [0.4, 0.5) is 0 Å². The van der Waals surface area contributed by atoms with Gasteiger partial charge in [0.05, 0.1) is 6.61 Å². The Balaban J connectivity index is 1.77. The van der Waals surface area contributed by atoms with E-state index in [1.807, 2.05) is 6.92 Å². The van der Waals surface area contributed by atoms with Crippen molar-refractivity contribution in [2.75, 3.05) is 20.2 Å². The van der Waals surface area contributed by atoms with Crippen LogP contribution in [0.5, 0.6) is 5.75 Å². The average molecular weight is 374 g/mol. The van der Waals surface area contributed by atoms with Crippen molar-refractivity contribution in [3.63, 3.8) is 0 Å². The van der Waals surface area contributed by atoms with Crippen LogP contribution in [-0.4, -0.2) is 36.3 Å². The smallest absolute Gasteiger partial charge is 0.226 e. The number of nitrogens with zero attached hydrogens (tertiary/aromatic N) is 3. The van der Waals surface area contributed by atoms with Gasteiger partial charge in [-0.2, -0.15) is 4.98 Å². The van der Waals surface area contributed by atoms with Gasteiger partial charge in [-0.1, -0.05) is 31.1 Å². The van der Waals surface area contributed by atoms with Gasteiger partial charge in [-0.15, -0.1) is 0 Å². The van der Waals surface area contributed by atoms with Crippen LogP contribution in [-0.2, 0) is 13.0 Å². The van der Waals surface area contributed by atoms with Crippen molar-refractivity contribution >= 4 is 5.96 Å². The van der Waals surface area contributed by atoms with Crippen LogP contribution < -0.4 is 15.4 Å². The highest BCUT2D eigenvalue weighted by Crippen LogP contribution is 2.20. The molecule has 2 N–H and O–H groups in total. The maximum Gasteiger partial charge on any atom is 0.226 e. The number of nitrogens with one attached hydrogen (secondary N) is 2. The second-order valence-corrected chi connectivity index (χ2v) is 6.70. The summed E-state index contributed by atoms with van der Waals surface area (Å²) in [5, 5.41) is 10.6. The highest BCUT2D eigenvalue weighted by molar-refractivity contribution is 5.79. The molecule has 27 heavy (non-hydrogen) atoms. The molecule has 0 unspecified atom stereocenters. The van der Waals surface area contributed by atoms with Gasteiger partial charge in [0.15, 0.2) is 11.8 Å². The Labute approximate surface area is 161 Å². The molecule has 148 valence electrons. The van der Waals surface area contributed by atoms with Gasteiger partial charge < -0.3 is 19.9 Å². The number of benzene rings is 1. The van der Waals surface area contributed by atoms with Crippen molar-refractivity contribution in [3.8, 4) is 5.75 Å². The first-order valence-corrected chi connectivity index (χ1v) is 9.52. The Morgan fingerprint density at radius 3 is 2.78 bits per heavy atom. The lowest BCUT2D eigenvalue weighted by Crippen LogP contribution is -2.37. The maximum absolute atomic E-state index is 5.73. The zero-order chi connectivity index (χ0) is 19.6. The summed E-state index contributed by atoms with van der Waals surface area (Å²) < 4.78 is 11.0. The molecule has 0 fully saturated rings. The van der Waals surface area contributed by atoms with E-state index in [4.69, 9.17) is 9.26 Å². The van der Waals surface area contributed by atoms with Gasteiger partial charge in [0.2, 0.25) is 5.89 Å². The van der Waals surface area contributed by atoms with Crippen LogP contribution >= 0.6 is 0 Å². The summed E-state index contributed by atoms with van der Waals surface area (Å²) in [6.45, 7) is 10.2. The van der Waals surface area contributed by atoms with E-state index < -0.39 is 0 Å². The minimum atomic E-state index is 0.284. The fraction of sp³-hybridized carbons (Fsp3) is 0.550. The van der Waals surface area contributed by atoms with Gasteiger partial charge >= 0.3 is 0 Å². The first-order chi connectivity index (χ1) is 13.0. The third-order valence-corrected chi connectivity index (χ3v) is 4.05. The van der Waals surface area contributed by atoms with E-state index in [0.29, 0.717) is 19.0 Å². The van der Waals surface area contributed by atoms with Crippen molar-refractivity contribution in [2.24, 2.45) is 4.99 Å². The average Bonchev–Trinajstić information content (AvgIpc) is 3.12. The molecule has 7 heteroatoms. The van der Waals surface area contributed by atoms with Gasteiger partial charge in [0, 0.05) is 38.0 Å². The number of hydrogen-bond donors (Lipinski definition) is 2. The number of aryl methyl sites for hydroxylation is 2. The molecule has 0 radical (unpaired) electrons. The van der Waals surface area contributed by atoms with Gasteiger partial charge in [-0.3, -0.25) is 4.99 Å². The molecule has 2 rings (SSSR count). The number of rotatable bonds is 9. The fourth-order valence-corrected chi connectivity index (χ4v) is 2.55. The fourth-order valence-electron chi connectivity index (χ4n) is 2.55. The minimum absolute atomic E-state index is 0.284. The van der Waals surface area contributed by atoms with Gasteiger partial charge in [-0.05, 0) is 31.9 Å². The highest BCUT2D eigenvalue weighted by Gasteiger charge is 2.09. The second-order valence-electron chi connectivity index (χ2n) is 6.70. The molecule has 1 aromatic heterocycles. The normalized spacial score (nSPS) is 11.7. The molecule has 1 heterocycles. The standard InChI is InChI=1S/C20H31N5O2/c1-6-26-17-12-15(4)9-10-16(17)13-23-20(21-5)22-11-7-8-18-24-19(14(2)3)25-27-18/h9-10,12,14H,6-8,11,13H2,1-5H3,(H2,21,22,23). The zero-order valence-corrected chi connectivity index (χ0v) is 17.0. The minimum Gasteiger partial charge on any atom is -0.494 e. The first kappa shape index (κ1) is 20.7. The monoisotopic (exact) mass is 373 g/mol. The van der Waals surface area contributed by atoms with Crippen LogP contribution in [0.3, 0.4) is 0 Å². The Hall–Kier alpha value is -2.57. The predicted octanol–water partition coefficient (Wildman–Crippen LogP) is 3.20. The van der Waals surface area contributed by atoms with E-state index in [-0.39, 0.29) is 5.92 Å². The van der Waals surface area contributed by atoms with Gasteiger partial charge in [-0.25, -0.2) is 0 Å². The Bertz CT molecular complexity index is 740. The largest absolute Gasteiger partial charge is 0.494 e. The number of hydrogen-bond acceptors (Lipinski definition) is 5. The molecule has 0 amide bonds. The Morgan fingerprint density at radius 2 is 2.11 bits per heavy atom. The summed E-state index contributed by atoms with van der Waals surface area (Å²) in [4.78, 5) is 8.66.